The first-order chi connectivity index (χ1) is 12.9. The van der Waals surface area contributed by atoms with Crippen molar-refractivity contribution in [3.05, 3.63) is 0 Å². The highest BCUT2D eigenvalue weighted by molar-refractivity contribution is 6.20. The van der Waals surface area contributed by atoms with Crippen molar-refractivity contribution in [1.82, 2.24) is 4.90 Å². The number of rotatable bonds is 6. The summed E-state index contributed by atoms with van der Waals surface area (Å²) in [5, 5.41) is 8.54. The number of nitrogens with zero attached hydrogens (tertiary/aromatic N) is 1. The van der Waals surface area contributed by atoms with Crippen LogP contribution in [0.5, 0.6) is 0 Å². The van der Waals surface area contributed by atoms with Gasteiger partial charge in [0, 0.05) is 0 Å². The third-order valence-corrected chi connectivity index (χ3v) is 3.48. The van der Waals surface area contributed by atoms with Gasteiger partial charge in [0.25, 0.3) is 0 Å². The predicted molar refractivity (Wildman–Crippen MR) is 110 cm³/mol. The van der Waals surface area contributed by atoms with Crippen molar-refractivity contribution < 1.29 is 33.7 Å². The van der Waals surface area contributed by atoms with Gasteiger partial charge in [-0.3, -0.25) is 0 Å². The van der Waals surface area contributed by atoms with Gasteiger partial charge in [-0.2, -0.15) is 4.90 Å². The zero-order valence-electron chi connectivity index (χ0n) is 19.0. The summed E-state index contributed by atoms with van der Waals surface area (Å²) in [5.74, 6) is -0.795. The summed E-state index contributed by atoms with van der Waals surface area (Å²) in [6, 6.07) is -1.33. The predicted octanol–water partition coefficient (Wildman–Crippen LogP) is 4.25. The van der Waals surface area contributed by atoms with Crippen molar-refractivity contribution in [1.29, 1.82) is 0 Å². The minimum Gasteiger partial charge on any atom is -0.458 e. The Labute approximate surface area is 178 Å². The highest BCUT2D eigenvalue weighted by atomic mass is 35.5. The fraction of sp³-hybridized carbons (Fsp3) is 0.850. The Kier molecular flexibility index (Phi) is 9.92. The molecule has 0 aliphatic heterocycles. The molecule has 0 saturated carbocycles. The highest BCUT2D eigenvalue weighted by Gasteiger charge is 2.42. The molecule has 9 heteroatoms. The van der Waals surface area contributed by atoms with E-state index in [1.807, 2.05) is 0 Å². The molecule has 2 unspecified atom stereocenters. The van der Waals surface area contributed by atoms with Crippen LogP contribution in [0.1, 0.15) is 75.2 Å². The van der Waals surface area contributed by atoms with Gasteiger partial charge < -0.3 is 19.3 Å². The lowest BCUT2D eigenvalue weighted by molar-refractivity contribution is -0.161. The molecule has 29 heavy (non-hydrogen) atoms. The molecule has 0 radical (unpaired) electrons. The summed E-state index contributed by atoms with van der Waals surface area (Å²) in [6.45, 7) is 14.5. The lowest BCUT2D eigenvalue weighted by Gasteiger charge is -2.34. The van der Waals surface area contributed by atoms with Crippen LogP contribution in [0.15, 0.2) is 0 Å². The summed E-state index contributed by atoms with van der Waals surface area (Å²) in [7, 11) is 0. The second-order valence-corrected chi connectivity index (χ2v) is 10.4. The highest BCUT2D eigenvalue weighted by Crippen LogP contribution is 2.22. The molecule has 2 amide bonds. The molecule has 0 aliphatic rings. The number of esters is 1. The second-order valence-electron chi connectivity index (χ2n) is 9.74. The quantitative estimate of drug-likeness (QED) is 0.376. The van der Waals surface area contributed by atoms with E-state index in [1.54, 1.807) is 62.3 Å². The number of carbonyl (C=O) groups is 3. The van der Waals surface area contributed by atoms with Gasteiger partial charge in [-0.25, -0.2) is 14.4 Å². The van der Waals surface area contributed by atoms with E-state index in [-0.39, 0.29) is 19.4 Å². The van der Waals surface area contributed by atoms with E-state index in [0.29, 0.717) is 4.90 Å². The Balaban J connectivity index is 6.02. The van der Waals surface area contributed by atoms with Crippen molar-refractivity contribution in [3.8, 4) is 0 Å². The van der Waals surface area contributed by atoms with Crippen LogP contribution in [0.2, 0.25) is 0 Å². The number of aliphatic hydroxyl groups excluding tert-OH is 1. The fourth-order valence-corrected chi connectivity index (χ4v) is 2.23. The van der Waals surface area contributed by atoms with Gasteiger partial charge in [-0.1, -0.05) is 0 Å². The molecule has 0 spiro atoms. The minimum absolute atomic E-state index is 0.0257. The lowest BCUT2D eigenvalue weighted by Crippen LogP contribution is -2.53. The SMILES string of the molecule is CC(C)(C)OC(=O)C(CCC(Cl)CO)N(C(=O)OC(C)(C)C)C(=O)OC(C)(C)C. The van der Waals surface area contributed by atoms with Crippen molar-refractivity contribution in [2.24, 2.45) is 0 Å². The number of imide groups is 1. The molecule has 0 heterocycles. The summed E-state index contributed by atoms with van der Waals surface area (Å²) in [5.41, 5.74) is -2.66. The molecular weight excluding hydrogens is 402 g/mol. The molecule has 2 atom stereocenters. The molecule has 0 aromatic rings. The molecular formula is C20H36ClNO7. The van der Waals surface area contributed by atoms with E-state index >= 15 is 0 Å². The normalized spacial score (nSPS) is 14.6. The van der Waals surface area contributed by atoms with Gasteiger partial charge in [-0.15, -0.1) is 11.6 Å². The zero-order valence-corrected chi connectivity index (χ0v) is 19.8. The molecule has 0 aromatic carbocycles. The maximum atomic E-state index is 12.9. The molecule has 1 N–H and O–H groups in total. The number of carbonyl (C=O) groups excluding carboxylic acids is 3. The molecule has 0 fully saturated rings. The maximum absolute atomic E-state index is 12.9. The minimum atomic E-state index is -1.33. The summed E-state index contributed by atoms with van der Waals surface area (Å²) in [4.78, 5) is 39.1. The van der Waals surface area contributed by atoms with Crippen molar-refractivity contribution in [2.45, 2.75) is 103 Å². The smallest absolute Gasteiger partial charge is 0.420 e. The van der Waals surface area contributed by atoms with Crippen LogP contribution in [0.25, 0.3) is 0 Å². The van der Waals surface area contributed by atoms with Crippen molar-refractivity contribution in [3.63, 3.8) is 0 Å². The average molecular weight is 438 g/mol. The largest absolute Gasteiger partial charge is 0.458 e. The molecule has 0 bridgehead atoms. The first-order valence-corrected chi connectivity index (χ1v) is 10.0. The second kappa shape index (κ2) is 10.5. The van der Waals surface area contributed by atoms with Crippen LogP contribution in [-0.4, -0.2) is 63.0 Å². The van der Waals surface area contributed by atoms with Crippen molar-refractivity contribution in [2.75, 3.05) is 6.61 Å². The van der Waals surface area contributed by atoms with Crippen LogP contribution in [0.4, 0.5) is 9.59 Å². The van der Waals surface area contributed by atoms with E-state index in [2.05, 4.69) is 0 Å². The number of halogens is 1. The third-order valence-electron chi connectivity index (χ3n) is 3.12. The van der Waals surface area contributed by atoms with E-state index in [4.69, 9.17) is 25.8 Å². The monoisotopic (exact) mass is 437 g/mol. The van der Waals surface area contributed by atoms with Gasteiger partial charge in [0.2, 0.25) is 0 Å². The zero-order chi connectivity index (χ0) is 23.2. The van der Waals surface area contributed by atoms with E-state index < -0.39 is 46.4 Å². The van der Waals surface area contributed by atoms with Crippen LogP contribution in [-0.2, 0) is 19.0 Å². The standard InChI is InChI=1S/C20H36ClNO7/c1-18(2,3)27-15(24)14(11-10-13(21)12-23)22(16(25)28-19(4,5)6)17(26)29-20(7,8)9/h13-14,23H,10-12H2,1-9H3. The summed E-state index contributed by atoms with van der Waals surface area (Å²) >= 11 is 5.97. The number of hydrogen-bond donors (Lipinski definition) is 1. The fourth-order valence-electron chi connectivity index (χ4n) is 2.10. The molecule has 170 valence electrons. The van der Waals surface area contributed by atoms with Crippen LogP contribution in [0, 0.1) is 0 Å². The number of ether oxygens (including phenoxy) is 3. The topological polar surface area (TPSA) is 102 Å². The first-order valence-electron chi connectivity index (χ1n) is 9.59. The Morgan fingerprint density at radius 3 is 1.48 bits per heavy atom. The van der Waals surface area contributed by atoms with Gasteiger partial charge in [0.05, 0.1) is 12.0 Å². The average Bonchev–Trinajstić information content (AvgIpc) is 2.44. The van der Waals surface area contributed by atoms with E-state index in [0.717, 1.165) is 0 Å². The summed E-state index contributed by atoms with van der Waals surface area (Å²) in [6.07, 6.45) is -1.93. The van der Waals surface area contributed by atoms with Gasteiger partial charge in [0.1, 0.15) is 22.8 Å². The van der Waals surface area contributed by atoms with Crippen LogP contribution >= 0.6 is 11.6 Å². The molecule has 0 saturated heterocycles. The number of hydrogen-bond acceptors (Lipinski definition) is 7. The van der Waals surface area contributed by atoms with E-state index in [1.165, 1.54) is 0 Å². The number of alkyl halides is 1. The molecule has 0 aromatic heterocycles. The Morgan fingerprint density at radius 2 is 1.17 bits per heavy atom. The molecule has 8 nitrogen and oxygen atoms in total. The van der Waals surface area contributed by atoms with Gasteiger partial charge in [-0.05, 0) is 75.2 Å². The van der Waals surface area contributed by atoms with Gasteiger partial charge >= 0.3 is 18.2 Å². The molecule has 0 rings (SSSR count). The van der Waals surface area contributed by atoms with Crippen LogP contribution < -0.4 is 0 Å². The summed E-state index contributed by atoms with van der Waals surface area (Å²) < 4.78 is 16.1. The van der Waals surface area contributed by atoms with E-state index in [9.17, 15) is 19.5 Å². The van der Waals surface area contributed by atoms with Crippen molar-refractivity contribution >= 4 is 29.8 Å². The Bertz CT molecular complexity index is 545. The first kappa shape index (κ1) is 27.5. The Hall–Kier alpha value is -1.54. The molecule has 0 aliphatic carbocycles. The third kappa shape index (κ3) is 11.9. The number of aliphatic hydroxyl groups is 1. The maximum Gasteiger partial charge on any atom is 0.420 e. The number of amides is 2. The Morgan fingerprint density at radius 1 is 0.793 bits per heavy atom. The lowest BCUT2D eigenvalue weighted by atomic mass is 10.1. The van der Waals surface area contributed by atoms with Crippen LogP contribution in [0.3, 0.4) is 0 Å². The van der Waals surface area contributed by atoms with Gasteiger partial charge in [0.15, 0.2) is 0 Å².